The Morgan fingerprint density at radius 1 is 1.12 bits per heavy atom. The van der Waals surface area contributed by atoms with Crippen LogP contribution in [0.5, 0.6) is 5.75 Å². The van der Waals surface area contributed by atoms with Crippen molar-refractivity contribution in [2.45, 2.75) is 30.8 Å². The van der Waals surface area contributed by atoms with Gasteiger partial charge in [-0.3, -0.25) is 14.4 Å². The molecular weight excluding hydrogens is 434 g/mol. The molecule has 0 saturated carbocycles. The van der Waals surface area contributed by atoms with Crippen LogP contribution in [0, 0.1) is 0 Å². The van der Waals surface area contributed by atoms with E-state index in [-0.39, 0.29) is 42.5 Å². The second-order valence-electron chi connectivity index (χ2n) is 7.49. The SMILES string of the molecule is CC(=O)c1ccc(S(=O)(=O)N(C)CCCC(=O)N2CC(C(N)=O)Oc3ccccc32)cc1. The van der Waals surface area contributed by atoms with Crippen LogP contribution in [0.4, 0.5) is 5.69 Å². The highest BCUT2D eigenvalue weighted by Gasteiger charge is 2.32. The number of anilines is 1. The maximum atomic E-state index is 12.8. The van der Waals surface area contributed by atoms with Gasteiger partial charge in [0.25, 0.3) is 5.91 Å². The Labute approximate surface area is 186 Å². The molecule has 1 unspecified atom stereocenters. The standard InChI is InChI=1S/C22H25N3O6S/c1-15(26)16-9-11-17(12-10-16)32(29,30)24(2)13-5-8-21(27)25-14-20(22(23)28)31-19-7-4-3-6-18(19)25/h3-4,6-7,9-12,20H,5,8,13-14H2,1-2H3,(H2,23,28). The van der Waals surface area contributed by atoms with Gasteiger partial charge in [-0.2, -0.15) is 0 Å². The van der Waals surface area contributed by atoms with Crippen molar-refractivity contribution in [2.24, 2.45) is 5.73 Å². The average molecular weight is 460 g/mol. The largest absolute Gasteiger partial charge is 0.477 e. The third-order valence-electron chi connectivity index (χ3n) is 5.22. The lowest BCUT2D eigenvalue weighted by molar-refractivity contribution is -0.125. The van der Waals surface area contributed by atoms with Crippen LogP contribution in [0.3, 0.4) is 0 Å². The fourth-order valence-corrected chi connectivity index (χ4v) is 4.58. The number of rotatable bonds is 8. The van der Waals surface area contributed by atoms with Crippen LogP contribution in [0.15, 0.2) is 53.4 Å². The number of carbonyl (C=O) groups is 3. The van der Waals surface area contributed by atoms with Gasteiger partial charge in [-0.05, 0) is 37.6 Å². The number of benzene rings is 2. The van der Waals surface area contributed by atoms with Gasteiger partial charge in [-0.1, -0.05) is 24.3 Å². The number of carbonyl (C=O) groups excluding carboxylic acids is 3. The summed E-state index contributed by atoms with van der Waals surface area (Å²) in [6.45, 7) is 1.53. The minimum absolute atomic E-state index is 0.00180. The summed E-state index contributed by atoms with van der Waals surface area (Å²) in [7, 11) is -2.32. The highest BCUT2D eigenvalue weighted by molar-refractivity contribution is 7.89. The molecular formula is C22H25N3O6S. The van der Waals surface area contributed by atoms with E-state index in [9.17, 15) is 22.8 Å². The molecule has 2 N–H and O–H groups in total. The first-order valence-electron chi connectivity index (χ1n) is 10.0. The zero-order chi connectivity index (χ0) is 23.5. The molecule has 170 valence electrons. The number of Topliss-reactive ketones (excluding diaryl/α,β-unsaturated/α-hetero) is 1. The molecule has 2 amide bonds. The molecule has 10 heteroatoms. The predicted octanol–water partition coefficient (Wildman–Crippen LogP) is 1.57. The van der Waals surface area contributed by atoms with Gasteiger partial charge in [0.15, 0.2) is 11.9 Å². The minimum atomic E-state index is -3.76. The topological polar surface area (TPSA) is 127 Å². The second kappa shape index (κ2) is 9.49. The van der Waals surface area contributed by atoms with Crippen molar-refractivity contribution >= 4 is 33.3 Å². The lowest BCUT2D eigenvalue weighted by atomic mass is 10.1. The van der Waals surface area contributed by atoms with E-state index in [1.807, 2.05) is 0 Å². The van der Waals surface area contributed by atoms with Gasteiger partial charge in [0, 0.05) is 25.6 Å². The molecule has 0 aliphatic carbocycles. The van der Waals surface area contributed by atoms with Crippen LogP contribution in [-0.2, 0) is 19.6 Å². The number of para-hydroxylation sites is 2. The lowest BCUT2D eigenvalue weighted by Gasteiger charge is -2.33. The molecule has 2 aromatic carbocycles. The highest BCUT2D eigenvalue weighted by atomic mass is 32.2. The molecule has 1 heterocycles. The Bertz CT molecular complexity index is 1130. The van der Waals surface area contributed by atoms with Crippen molar-refractivity contribution in [3.8, 4) is 5.75 Å². The van der Waals surface area contributed by atoms with E-state index >= 15 is 0 Å². The lowest BCUT2D eigenvalue weighted by Crippen LogP contribution is -2.49. The molecule has 9 nitrogen and oxygen atoms in total. The number of fused-ring (bicyclic) bond motifs is 1. The fourth-order valence-electron chi connectivity index (χ4n) is 3.37. The molecule has 1 atom stereocenters. The van der Waals surface area contributed by atoms with Gasteiger partial charge in [-0.25, -0.2) is 12.7 Å². The zero-order valence-corrected chi connectivity index (χ0v) is 18.7. The van der Waals surface area contributed by atoms with Crippen LogP contribution in [-0.4, -0.2) is 56.6 Å². The monoisotopic (exact) mass is 459 g/mol. The summed E-state index contributed by atoms with van der Waals surface area (Å²) < 4.78 is 32.2. The van der Waals surface area contributed by atoms with E-state index < -0.39 is 22.0 Å². The van der Waals surface area contributed by atoms with Gasteiger partial charge in [-0.15, -0.1) is 0 Å². The van der Waals surface area contributed by atoms with Crippen LogP contribution in [0.25, 0.3) is 0 Å². The first kappa shape index (κ1) is 23.4. The van der Waals surface area contributed by atoms with Crippen molar-refractivity contribution in [3.05, 3.63) is 54.1 Å². The molecule has 32 heavy (non-hydrogen) atoms. The summed E-state index contributed by atoms with van der Waals surface area (Å²) in [6, 6.07) is 12.6. The molecule has 2 aromatic rings. The predicted molar refractivity (Wildman–Crippen MR) is 118 cm³/mol. The van der Waals surface area contributed by atoms with Crippen LogP contribution < -0.4 is 15.4 Å². The highest BCUT2D eigenvalue weighted by Crippen LogP contribution is 2.33. The number of ketones is 1. The number of amides is 2. The molecule has 1 aliphatic rings. The summed E-state index contributed by atoms with van der Waals surface area (Å²) >= 11 is 0. The van der Waals surface area contributed by atoms with Crippen LogP contribution >= 0.6 is 0 Å². The van der Waals surface area contributed by atoms with Crippen LogP contribution in [0.1, 0.15) is 30.1 Å². The fraction of sp³-hybridized carbons (Fsp3) is 0.318. The van der Waals surface area contributed by atoms with Gasteiger partial charge in [0.05, 0.1) is 17.1 Å². The summed E-state index contributed by atoms with van der Waals surface area (Å²) in [4.78, 5) is 37.4. The Hall–Kier alpha value is -3.24. The van der Waals surface area contributed by atoms with E-state index in [4.69, 9.17) is 10.5 Å². The number of hydrogen-bond donors (Lipinski definition) is 1. The number of nitrogens with two attached hydrogens (primary N) is 1. The van der Waals surface area contributed by atoms with E-state index in [2.05, 4.69) is 0 Å². The smallest absolute Gasteiger partial charge is 0.260 e. The average Bonchev–Trinajstić information content (AvgIpc) is 2.78. The normalized spacial score (nSPS) is 15.7. The van der Waals surface area contributed by atoms with E-state index in [1.54, 1.807) is 24.3 Å². The van der Waals surface area contributed by atoms with Crippen molar-refractivity contribution in [3.63, 3.8) is 0 Å². The second-order valence-corrected chi connectivity index (χ2v) is 9.54. The minimum Gasteiger partial charge on any atom is -0.477 e. The zero-order valence-electron chi connectivity index (χ0n) is 17.9. The first-order chi connectivity index (χ1) is 15.1. The van der Waals surface area contributed by atoms with Crippen molar-refractivity contribution < 1.29 is 27.5 Å². The summed E-state index contributed by atoms with van der Waals surface area (Å²) in [5, 5.41) is 0. The number of ether oxygens (including phenoxy) is 1. The molecule has 0 spiro atoms. The van der Waals surface area contributed by atoms with Gasteiger partial charge < -0.3 is 15.4 Å². The summed E-state index contributed by atoms with van der Waals surface area (Å²) in [5.74, 6) is -0.684. The van der Waals surface area contributed by atoms with Gasteiger partial charge >= 0.3 is 0 Å². The maximum absolute atomic E-state index is 12.8. The molecule has 0 radical (unpaired) electrons. The van der Waals surface area contributed by atoms with Crippen molar-refractivity contribution in [1.29, 1.82) is 0 Å². The third kappa shape index (κ3) is 4.97. The third-order valence-corrected chi connectivity index (χ3v) is 7.10. The molecule has 3 rings (SSSR count). The molecule has 0 saturated heterocycles. The Kier molecular flexibility index (Phi) is 6.95. The maximum Gasteiger partial charge on any atom is 0.260 e. The number of primary amides is 1. The Balaban J connectivity index is 1.63. The van der Waals surface area contributed by atoms with Crippen molar-refractivity contribution in [2.75, 3.05) is 25.0 Å². The molecule has 0 bridgehead atoms. The molecule has 0 fully saturated rings. The van der Waals surface area contributed by atoms with E-state index in [0.29, 0.717) is 17.0 Å². The summed E-state index contributed by atoms with van der Waals surface area (Å²) in [6.07, 6.45) is -0.598. The van der Waals surface area contributed by atoms with Gasteiger partial charge in [0.1, 0.15) is 5.75 Å². The number of hydrogen-bond acceptors (Lipinski definition) is 6. The number of nitrogens with zero attached hydrogens (tertiary/aromatic N) is 2. The summed E-state index contributed by atoms with van der Waals surface area (Å²) in [5.41, 5.74) is 6.33. The quantitative estimate of drug-likeness (QED) is 0.597. The van der Waals surface area contributed by atoms with E-state index in [1.165, 1.54) is 47.4 Å². The van der Waals surface area contributed by atoms with E-state index in [0.717, 1.165) is 0 Å². The van der Waals surface area contributed by atoms with Gasteiger partial charge in [0.2, 0.25) is 15.9 Å². The van der Waals surface area contributed by atoms with Crippen molar-refractivity contribution in [1.82, 2.24) is 4.31 Å². The Morgan fingerprint density at radius 2 is 1.78 bits per heavy atom. The Morgan fingerprint density at radius 3 is 2.41 bits per heavy atom. The number of sulfonamides is 1. The first-order valence-corrected chi connectivity index (χ1v) is 11.5. The van der Waals surface area contributed by atoms with Crippen LogP contribution in [0.2, 0.25) is 0 Å². The molecule has 0 aromatic heterocycles. The molecule has 1 aliphatic heterocycles.